The van der Waals surface area contributed by atoms with Gasteiger partial charge in [0.15, 0.2) is 0 Å². The molecule has 1 aliphatic carbocycles. The zero-order valence-electron chi connectivity index (χ0n) is 11.5. The number of rotatable bonds is 4. The van der Waals surface area contributed by atoms with Crippen molar-refractivity contribution in [3.63, 3.8) is 0 Å². The average molecular weight is 261 g/mol. The van der Waals surface area contributed by atoms with E-state index in [1.165, 1.54) is 44.9 Å². The Kier molecular flexibility index (Phi) is 4.09. The maximum atomic E-state index is 6.33. The number of nitrogens with one attached hydrogen (secondary N) is 1. The number of hydrogen-bond acceptors (Lipinski definition) is 4. The second kappa shape index (κ2) is 5.97. The second-order valence-corrected chi connectivity index (χ2v) is 5.87. The topological polar surface area (TPSA) is 47.0 Å². The summed E-state index contributed by atoms with van der Waals surface area (Å²) in [7, 11) is 0. The molecule has 19 heavy (non-hydrogen) atoms. The van der Waals surface area contributed by atoms with Crippen LogP contribution in [0.5, 0.6) is 0 Å². The van der Waals surface area contributed by atoms with Crippen molar-refractivity contribution in [1.29, 1.82) is 0 Å². The first kappa shape index (κ1) is 13.0. The largest absolute Gasteiger partial charge is 0.370 e. The summed E-state index contributed by atoms with van der Waals surface area (Å²) >= 11 is 0. The third-order valence-electron chi connectivity index (χ3n) is 4.41. The molecule has 0 bridgehead atoms. The molecular weight excluding hydrogens is 238 g/mol. The summed E-state index contributed by atoms with van der Waals surface area (Å²) in [6, 6.07) is 3.92. The lowest BCUT2D eigenvalue weighted by atomic mass is 9.83. The van der Waals surface area contributed by atoms with E-state index in [9.17, 15) is 0 Å². The molecule has 0 aromatic carbocycles. The first-order valence-corrected chi connectivity index (χ1v) is 7.51. The van der Waals surface area contributed by atoms with E-state index in [4.69, 9.17) is 4.74 Å². The van der Waals surface area contributed by atoms with E-state index in [2.05, 4.69) is 15.5 Å². The molecule has 0 radical (unpaired) electrons. The van der Waals surface area contributed by atoms with Gasteiger partial charge in [-0.15, -0.1) is 0 Å². The van der Waals surface area contributed by atoms with Crippen molar-refractivity contribution in [3.05, 3.63) is 24.0 Å². The van der Waals surface area contributed by atoms with Gasteiger partial charge in [-0.25, -0.2) is 0 Å². The highest BCUT2D eigenvalue weighted by atomic mass is 16.5. The summed E-state index contributed by atoms with van der Waals surface area (Å²) in [6.07, 6.45) is 11.2. The molecule has 1 aliphatic heterocycles. The number of nitrogens with zero attached hydrogens (tertiary/aromatic N) is 2. The predicted octanol–water partition coefficient (Wildman–Crippen LogP) is 2.45. The van der Waals surface area contributed by atoms with Gasteiger partial charge in [0.2, 0.25) is 0 Å². The van der Waals surface area contributed by atoms with Crippen molar-refractivity contribution in [2.75, 3.05) is 6.54 Å². The minimum Gasteiger partial charge on any atom is -0.370 e. The van der Waals surface area contributed by atoms with Gasteiger partial charge in [-0.05, 0) is 37.8 Å². The maximum absolute atomic E-state index is 6.33. The summed E-state index contributed by atoms with van der Waals surface area (Å²) in [4.78, 5) is 0. The van der Waals surface area contributed by atoms with Gasteiger partial charge in [0.25, 0.3) is 0 Å². The third kappa shape index (κ3) is 3.31. The molecule has 1 N–H and O–H groups in total. The highest BCUT2D eigenvalue weighted by Gasteiger charge is 2.40. The van der Waals surface area contributed by atoms with E-state index in [0.29, 0.717) is 6.10 Å². The fourth-order valence-corrected chi connectivity index (χ4v) is 3.39. The number of hydrogen-bond donors (Lipinski definition) is 1. The molecule has 1 aromatic heterocycles. The van der Waals surface area contributed by atoms with Crippen molar-refractivity contribution < 1.29 is 4.74 Å². The lowest BCUT2D eigenvalue weighted by Gasteiger charge is -2.33. The van der Waals surface area contributed by atoms with Gasteiger partial charge in [-0.2, -0.15) is 10.2 Å². The molecule has 1 saturated heterocycles. The highest BCUT2D eigenvalue weighted by Crippen LogP contribution is 2.41. The van der Waals surface area contributed by atoms with Gasteiger partial charge in [0.05, 0.1) is 17.4 Å². The monoisotopic (exact) mass is 261 g/mol. The van der Waals surface area contributed by atoms with Gasteiger partial charge >= 0.3 is 0 Å². The molecular formula is C15H23N3O. The van der Waals surface area contributed by atoms with Gasteiger partial charge in [-0.3, -0.25) is 0 Å². The fraction of sp³-hybridized carbons (Fsp3) is 0.733. The molecule has 4 nitrogen and oxygen atoms in total. The van der Waals surface area contributed by atoms with E-state index < -0.39 is 0 Å². The maximum Gasteiger partial charge on any atom is 0.0768 e. The van der Waals surface area contributed by atoms with Crippen molar-refractivity contribution in [2.24, 2.45) is 0 Å². The molecule has 1 atom stereocenters. The summed E-state index contributed by atoms with van der Waals surface area (Å²) in [6.45, 7) is 1.71. The van der Waals surface area contributed by atoms with Crippen LogP contribution in [0.25, 0.3) is 0 Å². The molecule has 4 heteroatoms. The Morgan fingerprint density at radius 2 is 2.16 bits per heavy atom. The fourth-order valence-electron chi connectivity index (χ4n) is 3.39. The van der Waals surface area contributed by atoms with Crippen LogP contribution in [-0.4, -0.2) is 28.4 Å². The second-order valence-electron chi connectivity index (χ2n) is 5.87. The molecule has 2 fully saturated rings. The van der Waals surface area contributed by atoms with E-state index in [1.54, 1.807) is 6.20 Å². The molecule has 1 saturated carbocycles. The zero-order valence-corrected chi connectivity index (χ0v) is 11.5. The molecule has 1 unspecified atom stereocenters. The van der Waals surface area contributed by atoms with Crippen molar-refractivity contribution in [3.8, 4) is 0 Å². The summed E-state index contributed by atoms with van der Waals surface area (Å²) in [5.41, 5.74) is 1.23. The summed E-state index contributed by atoms with van der Waals surface area (Å²) < 4.78 is 6.33. The molecule has 3 rings (SSSR count). The van der Waals surface area contributed by atoms with Crippen molar-refractivity contribution in [1.82, 2.24) is 15.5 Å². The van der Waals surface area contributed by atoms with Gasteiger partial charge < -0.3 is 10.1 Å². The predicted molar refractivity (Wildman–Crippen MR) is 73.7 cm³/mol. The van der Waals surface area contributed by atoms with Crippen LogP contribution in [0.15, 0.2) is 18.3 Å². The Balaban J connectivity index is 1.42. The normalized spacial score (nSPS) is 25.8. The SMILES string of the molecule is c1cnnc(CNCC2CCC3(CCCCC3)O2)c1. The van der Waals surface area contributed by atoms with E-state index in [1.807, 2.05) is 12.1 Å². The van der Waals surface area contributed by atoms with E-state index in [-0.39, 0.29) is 5.60 Å². The molecule has 1 spiro atoms. The molecule has 1 aromatic rings. The Labute approximate surface area is 115 Å². The van der Waals surface area contributed by atoms with Crippen LogP contribution < -0.4 is 5.32 Å². The Morgan fingerprint density at radius 1 is 1.26 bits per heavy atom. The molecule has 104 valence electrons. The van der Waals surface area contributed by atoms with Crippen LogP contribution in [0.4, 0.5) is 0 Å². The number of aromatic nitrogens is 2. The third-order valence-corrected chi connectivity index (χ3v) is 4.41. The molecule has 0 amide bonds. The quantitative estimate of drug-likeness (QED) is 0.904. The highest BCUT2D eigenvalue weighted by molar-refractivity contribution is 4.98. The molecule has 2 aliphatic rings. The minimum absolute atomic E-state index is 0.233. The van der Waals surface area contributed by atoms with Crippen LogP contribution in [0, 0.1) is 0 Å². The average Bonchev–Trinajstić information content (AvgIpc) is 2.84. The lowest BCUT2D eigenvalue weighted by molar-refractivity contribution is -0.0624. The first-order chi connectivity index (χ1) is 9.36. The standard InChI is InChI=1S/C15H23N3O/c1-2-7-15(8-3-1)9-6-14(19-15)12-16-11-13-5-4-10-17-18-13/h4-5,10,14,16H,1-3,6-9,11-12H2. The van der Waals surface area contributed by atoms with Crippen LogP contribution in [0.3, 0.4) is 0 Å². The van der Waals surface area contributed by atoms with Gasteiger partial charge in [0.1, 0.15) is 0 Å². The van der Waals surface area contributed by atoms with Crippen molar-refractivity contribution in [2.45, 2.75) is 63.2 Å². The minimum atomic E-state index is 0.233. The van der Waals surface area contributed by atoms with Crippen molar-refractivity contribution >= 4 is 0 Å². The van der Waals surface area contributed by atoms with Crippen LogP contribution in [-0.2, 0) is 11.3 Å². The Bertz CT molecular complexity index is 390. The smallest absolute Gasteiger partial charge is 0.0768 e. The number of ether oxygens (including phenoxy) is 1. The van der Waals surface area contributed by atoms with Crippen LogP contribution >= 0.6 is 0 Å². The van der Waals surface area contributed by atoms with Crippen LogP contribution in [0.2, 0.25) is 0 Å². The van der Waals surface area contributed by atoms with Gasteiger partial charge in [0, 0.05) is 19.3 Å². The Morgan fingerprint density at radius 3 is 2.95 bits per heavy atom. The summed E-state index contributed by atoms with van der Waals surface area (Å²) in [5, 5.41) is 11.4. The first-order valence-electron chi connectivity index (χ1n) is 7.51. The molecule has 2 heterocycles. The Hall–Kier alpha value is -1.00. The van der Waals surface area contributed by atoms with Crippen LogP contribution in [0.1, 0.15) is 50.6 Å². The van der Waals surface area contributed by atoms with E-state index >= 15 is 0 Å². The lowest BCUT2D eigenvalue weighted by Crippen LogP contribution is -2.34. The zero-order chi connectivity index (χ0) is 13.0. The summed E-state index contributed by atoms with van der Waals surface area (Å²) in [5.74, 6) is 0. The van der Waals surface area contributed by atoms with E-state index in [0.717, 1.165) is 18.8 Å². The van der Waals surface area contributed by atoms with Gasteiger partial charge in [-0.1, -0.05) is 19.3 Å².